The quantitative estimate of drug-likeness (QED) is 0.192. The summed E-state index contributed by atoms with van der Waals surface area (Å²) in [6.07, 6.45) is 9.05. The molecule has 2 aromatic carbocycles. The molecule has 1 saturated heterocycles. The molecule has 5 aliphatic rings. The van der Waals surface area contributed by atoms with Crippen LogP contribution in [0.3, 0.4) is 0 Å². The Balaban J connectivity index is 1.07. The Hall–Kier alpha value is -5.32. The lowest BCUT2D eigenvalue weighted by molar-refractivity contribution is -0.141. The van der Waals surface area contributed by atoms with E-state index >= 15 is 0 Å². The minimum atomic E-state index is -3.95. The Kier molecular flexibility index (Phi) is 10.2. The summed E-state index contributed by atoms with van der Waals surface area (Å²) in [7, 11) is -3.95. The number of fused-ring (bicyclic) bond motifs is 6. The molecular weight excluding hydrogens is 789 g/mol. The van der Waals surface area contributed by atoms with Crippen molar-refractivity contribution in [3.05, 3.63) is 60.2 Å². The Morgan fingerprint density at radius 1 is 0.932 bits per heavy atom. The van der Waals surface area contributed by atoms with Crippen molar-refractivity contribution in [1.29, 1.82) is 0 Å². The van der Waals surface area contributed by atoms with E-state index in [2.05, 4.69) is 20.3 Å². The lowest BCUT2D eigenvalue weighted by atomic mass is 10.0. The minimum absolute atomic E-state index is 0.0741. The van der Waals surface area contributed by atoms with Crippen molar-refractivity contribution in [3.8, 4) is 5.75 Å². The van der Waals surface area contributed by atoms with E-state index in [0.717, 1.165) is 38.5 Å². The summed E-state index contributed by atoms with van der Waals surface area (Å²) < 4.78 is 75.5. The number of carbonyl (C=O) groups excluding carboxylic acids is 4. The van der Waals surface area contributed by atoms with Gasteiger partial charge in [-0.25, -0.2) is 27.0 Å². The normalized spacial score (nSPS) is 27.4. The van der Waals surface area contributed by atoms with Crippen molar-refractivity contribution in [2.24, 2.45) is 5.92 Å². The number of hydrogen-bond acceptors (Lipinski definition) is 10. The first-order valence-corrected chi connectivity index (χ1v) is 22.0. The number of benzene rings is 2. The fraction of sp³-hybridized carbons (Fsp3) is 0.500. The van der Waals surface area contributed by atoms with Gasteiger partial charge in [-0.15, -0.1) is 0 Å². The van der Waals surface area contributed by atoms with Crippen molar-refractivity contribution >= 4 is 66.8 Å². The van der Waals surface area contributed by atoms with Crippen LogP contribution >= 0.6 is 0 Å². The number of pyridine rings is 1. The molecule has 2 aromatic heterocycles. The Labute approximate surface area is 338 Å². The molecule has 0 bridgehead atoms. The number of allylic oxidation sites excluding steroid dienone is 1. The SMILES string of the molecule is O=C(N[C@H]1CCCCC/C=C\[C@@H]2C[C@@]2(C(=O)NS(=O)(=O)C2CC2)NC(=O)[C@@H]2C[C@@H](Oc3c4cc(F)ccc4nc4c3oc3cc(F)ccc34)CN2C1=O)OC1CCCC1. The monoisotopic (exact) mass is 833 g/mol. The maximum atomic E-state index is 14.8. The third-order valence-corrected chi connectivity index (χ3v) is 14.1. The molecule has 4 aromatic rings. The predicted molar refractivity (Wildman–Crippen MR) is 210 cm³/mol. The largest absolute Gasteiger partial charge is 0.484 e. The van der Waals surface area contributed by atoms with Crippen LogP contribution in [0, 0.1) is 17.6 Å². The molecule has 9 rings (SSSR count). The minimum Gasteiger partial charge on any atom is -0.484 e. The number of aromatic nitrogens is 1. The summed E-state index contributed by atoms with van der Waals surface area (Å²) in [4.78, 5) is 62.3. The molecule has 4 heterocycles. The molecule has 4 amide bonds. The number of nitrogens with zero attached hydrogens (tertiary/aromatic N) is 2. The van der Waals surface area contributed by atoms with Crippen LogP contribution in [-0.4, -0.2) is 83.7 Å². The van der Waals surface area contributed by atoms with Gasteiger partial charge in [-0.05, 0) is 94.5 Å². The fourth-order valence-corrected chi connectivity index (χ4v) is 10.2. The van der Waals surface area contributed by atoms with Crippen molar-refractivity contribution in [3.63, 3.8) is 0 Å². The zero-order valence-electron chi connectivity index (χ0n) is 32.2. The molecule has 14 nitrogen and oxygen atoms in total. The number of furan rings is 1. The molecular formula is C42H45F2N5O9S. The first kappa shape index (κ1) is 39.2. The zero-order chi connectivity index (χ0) is 41.1. The summed E-state index contributed by atoms with van der Waals surface area (Å²) in [5.41, 5.74) is -0.600. The molecule has 2 aliphatic heterocycles. The lowest BCUT2D eigenvalue weighted by Gasteiger charge is -2.30. The maximum Gasteiger partial charge on any atom is 0.408 e. The second-order valence-corrected chi connectivity index (χ2v) is 18.5. The van der Waals surface area contributed by atoms with E-state index in [9.17, 15) is 36.4 Å². The molecule has 3 saturated carbocycles. The van der Waals surface area contributed by atoms with Crippen LogP contribution in [0.5, 0.6) is 5.75 Å². The second-order valence-electron chi connectivity index (χ2n) is 16.5. The molecule has 17 heteroatoms. The van der Waals surface area contributed by atoms with Gasteiger partial charge >= 0.3 is 6.09 Å². The van der Waals surface area contributed by atoms with Crippen molar-refractivity contribution < 1.29 is 50.3 Å². The van der Waals surface area contributed by atoms with Gasteiger partial charge in [0.05, 0.1) is 17.3 Å². The Bertz CT molecular complexity index is 2500. The van der Waals surface area contributed by atoms with Crippen LogP contribution < -0.4 is 20.1 Å². The first-order valence-electron chi connectivity index (χ1n) is 20.5. The number of rotatable bonds is 7. The highest BCUT2D eigenvalue weighted by atomic mass is 32.2. The Morgan fingerprint density at radius 3 is 2.49 bits per heavy atom. The number of halogens is 2. The third-order valence-electron chi connectivity index (χ3n) is 12.3. The van der Waals surface area contributed by atoms with Crippen LogP contribution in [0.1, 0.15) is 83.5 Å². The average molecular weight is 834 g/mol. The lowest BCUT2D eigenvalue weighted by Crippen LogP contribution is -2.58. The summed E-state index contributed by atoms with van der Waals surface area (Å²) in [6.45, 7) is -0.166. The maximum absolute atomic E-state index is 14.8. The molecule has 3 aliphatic carbocycles. The van der Waals surface area contributed by atoms with E-state index in [1.807, 2.05) is 12.2 Å². The first-order chi connectivity index (χ1) is 28.4. The highest BCUT2D eigenvalue weighted by molar-refractivity contribution is 7.91. The van der Waals surface area contributed by atoms with E-state index in [1.165, 1.54) is 41.3 Å². The van der Waals surface area contributed by atoms with Gasteiger partial charge in [-0.1, -0.05) is 25.0 Å². The third kappa shape index (κ3) is 7.80. The smallest absolute Gasteiger partial charge is 0.408 e. The molecule has 3 N–H and O–H groups in total. The second kappa shape index (κ2) is 15.4. The molecule has 0 unspecified atom stereocenters. The highest BCUT2D eigenvalue weighted by Crippen LogP contribution is 2.46. The standard InChI is InChI=1S/C42H45F2N5O9S/c43-24-13-17-31-30(18-24)36(37-35(45-31)29-16-12-25(44)19-34(29)58-37)56-27-20-33-38(50)47-42(40(52)48-59(54,55)28-14-15-28)21-23(42)8-4-2-1-3-5-11-32(39(51)49(33)22-27)46-41(53)57-26-9-6-7-10-26/h4,8,12-13,16-19,23,26-28,32-33H,1-3,5-7,9-11,14-15,20-22H2,(H,46,53)(H,47,50)(H,48,52)/b8-4-/t23-,27-,32+,33+,42-/m1/s1. The Morgan fingerprint density at radius 2 is 1.69 bits per heavy atom. The molecule has 4 fully saturated rings. The number of carbonyl (C=O) groups is 4. The van der Waals surface area contributed by atoms with Gasteiger partial charge in [-0.3, -0.25) is 19.1 Å². The van der Waals surface area contributed by atoms with E-state index in [1.54, 1.807) is 0 Å². The summed E-state index contributed by atoms with van der Waals surface area (Å²) in [6, 6.07) is 5.63. The fourth-order valence-electron chi connectivity index (χ4n) is 8.82. The summed E-state index contributed by atoms with van der Waals surface area (Å²) in [5.74, 6) is -3.67. The molecule has 5 atom stereocenters. The van der Waals surface area contributed by atoms with Gasteiger partial charge in [0.15, 0.2) is 11.3 Å². The van der Waals surface area contributed by atoms with Crippen LogP contribution in [0.4, 0.5) is 13.6 Å². The molecule has 59 heavy (non-hydrogen) atoms. The van der Waals surface area contributed by atoms with Gasteiger partial charge in [0, 0.05) is 29.2 Å². The number of amides is 4. The van der Waals surface area contributed by atoms with Gasteiger partial charge in [0.1, 0.15) is 52.6 Å². The van der Waals surface area contributed by atoms with E-state index in [0.29, 0.717) is 42.1 Å². The van der Waals surface area contributed by atoms with Gasteiger partial charge in [-0.2, -0.15) is 0 Å². The zero-order valence-corrected chi connectivity index (χ0v) is 33.0. The van der Waals surface area contributed by atoms with Crippen LogP contribution in [0.15, 0.2) is 53.0 Å². The van der Waals surface area contributed by atoms with Gasteiger partial charge < -0.3 is 29.4 Å². The van der Waals surface area contributed by atoms with Crippen LogP contribution in [0.2, 0.25) is 0 Å². The molecule has 0 radical (unpaired) electrons. The summed E-state index contributed by atoms with van der Waals surface area (Å²) >= 11 is 0. The number of hydrogen-bond donors (Lipinski definition) is 3. The van der Waals surface area contributed by atoms with Crippen molar-refractivity contribution in [2.75, 3.05) is 6.54 Å². The van der Waals surface area contributed by atoms with Gasteiger partial charge in [0.25, 0.3) is 5.91 Å². The predicted octanol–water partition coefficient (Wildman–Crippen LogP) is 5.80. The van der Waals surface area contributed by atoms with Crippen molar-refractivity contribution in [2.45, 2.75) is 119 Å². The van der Waals surface area contributed by atoms with E-state index in [-0.39, 0.29) is 54.2 Å². The number of nitrogens with one attached hydrogen (secondary N) is 3. The number of alkyl carbamates (subject to hydrolysis) is 1. The van der Waals surface area contributed by atoms with Crippen LogP contribution in [0.25, 0.3) is 33.0 Å². The van der Waals surface area contributed by atoms with Crippen molar-refractivity contribution in [1.82, 2.24) is 25.2 Å². The number of ether oxygens (including phenoxy) is 2. The summed E-state index contributed by atoms with van der Waals surface area (Å²) in [5, 5.41) is 5.68. The highest BCUT2D eigenvalue weighted by Gasteiger charge is 2.62. The number of sulfonamides is 1. The molecule has 0 spiro atoms. The molecule has 312 valence electrons. The van der Waals surface area contributed by atoms with E-state index < -0.39 is 80.4 Å². The average Bonchev–Trinajstić information content (AvgIpc) is 4.01. The topological polar surface area (TPSA) is 186 Å². The van der Waals surface area contributed by atoms with Gasteiger partial charge in [0.2, 0.25) is 21.8 Å². The van der Waals surface area contributed by atoms with Crippen LogP contribution in [-0.2, 0) is 29.1 Å². The van der Waals surface area contributed by atoms with E-state index in [4.69, 9.17) is 13.9 Å².